The van der Waals surface area contributed by atoms with Crippen molar-refractivity contribution in [3.63, 3.8) is 0 Å². The number of halogens is 2. The van der Waals surface area contributed by atoms with Gasteiger partial charge in [-0.25, -0.2) is 0 Å². The Bertz CT molecular complexity index is 490. The molecule has 0 spiro atoms. The lowest BCUT2D eigenvalue weighted by Gasteiger charge is -2.06. The van der Waals surface area contributed by atoms with Gasteiger partial charge in [-0.2, -0.15) is 0 Å². The molecule has 0 aromatic heterocycles. The van der Waals surface area contributed by atoms with Crippen LogP contribution < -0.4 is 0 Å². The second kappa shape index (κ2) is 4.50. The van der Waals surface area contributed by atoms with Crippen molar-refractivity contribution < 1.29 is 0 Å². The van der Waals surface area contributed by atoms with E-state index in [2.05, 4.69) is 81.2 Å². The third-order valence-electron chi connectivity index (χ3n) is 2.38. The van der Waals surface area contributed by atoms with Gasteiger partial charge < -0.3 is 0 Å². The van der Waals surface area contributed by atoms with Crippen molar-refractivity contribution >= 4 is 31.9 Å². The van der Waals surface area contributed by atoms with E-state index in [-0.39, 0.29) is 0 Å². The average Bonchev–Trinajstić information content (AvgIpc) is 2.23. The standard InChI is InChI=1S/C13H10Br2/c1-9-4-2-3-5-11(9)10-6-7-12(14)13(15)8-10/h2-8H,1H3. The van der Waals surface area contributed by atoms with E-state index in [0.717, 1.165) is 8.95 Å². The lowest BCUT2D eigenvalue weighted by atomic mass is 10.0. The summed E-state index contributed by atoms with van der Waals surface area (Å²) in [6.45, 7) is 2.13. The van der Waals surface area contributed by atoms with Gasteiger partial charge in [0.1, 0.15) is 0 Å². The highest BCUT2D eigenvalue weighted by atomic mass is 79.9. The molecule has 0 heterocycles. The number of rotatable bonds is 1. The molecule has 0 radical (unpaired) electrons. The second-order valence-electron chi connectivity index (χ2n) is 3.44. The highest BCUT2D eigenvalue weighted by molar-refractivity contribution is 9.13. The third kappa shape index (κ3) is 2.32. The maximum atomic E-state index is 3.52. The number of benzene rings is 2. The van der Waals surface area contributed by atoms with E-state index in [1.807, 2.05) is 0 Å². The summed E-state index contributed by atoms with van der Waals surface area (Å²) < 4.78 is 2.17. The molecule has 0 atom stereocenters. The molecule has 0 amide bonds. The molecule has 2 heteroatoms. The molecule has 0 aliphatic heterocycles. The largest absolute Gasteiger partial charge is 0.0620 e. The Labute approximate surface area is 107 Å². The molecule has 15 heavy (non-hydrogen) atoms. The summed E-state index contributed by atoms with van der Waals surface area (Å²) in [6, 6.07) is 14.7. The van der Waals surface area contributed by atoms with E-state index < -0.39 is 0 Å². The Morgan fingerprint density at radius 1 is 0.867 bits per heavy atom. The first-order valence-electron chi connectivity index (χ1n) is 4.69. The van der Waals surface area contributed by atoms with Crippen LogP contribution in [0.1, 0.15) is 5.56 Å². The molecule has 0 saturated carbocycles. The summed E-state index contributed by atoms with van der Waals surface area (Å²) in [4.78, 5) is 0. The Balaban J connectivity index is 2.55. The quantitative estimate of drug-likeness (QED) is 0.677. The fourth-order valence-corrected chi connectivity index (χ4v) is 2.19. The maximum Gasteiger partial charge on any atom is 0.0323 e. The third-order valence-corrected chi connectivity index (χ3v) is 4.26. The lowest BCUT2D eigenvalue weighted by Crippen LogP contribution is -1.82. The molecule has 0 nitrogen and oxygen atoms in total. The van der Waals surface area contributed by atoms with Crippen LogP contribution >= 0.6 is 31.9 Å². The SMILES string of the molecule is Cc1ccccc1-c1ccc(Br)c(Br)c1. The van der Waals surface area contributed by atoms with Crippen molar-refractivity contribution in [2.24, 2.45) is 0 Å². The van der Waals surface area contributed by atoms with E-state index in [1.165, 1.54) is 16.7 Å². The Morgan fingerprint density at radius 2 is 1.60 bits per heavy atom. The van der Waals surface area contributed by atoms with Crippen LogP contribution in [0.4, 0.5) is 0 Å². The van der Waals surface area contributed by atoms with Crippen molar-refractivity contribution in [3.8, 4) is 11.1 Å². The first-order valence-corrected chi connectivity index (χ1v) is 6.28. The molecule has 0 bridgehead atoms. The fourth-order valence-electron chi connectivity index (χ4n) is 1.56. The van der Waals surface area contributed by atoms with Crippen LogP contribution in [-0.4, -0.2) is 0 Å². The molecular formula is C13H10Br2. The fraction of sp³-hybridized carbons (Fsp3) is 0.0769. The molecule has 76 valence electrons. The molecule has 2 rings (SSSR count). The van der Waals surface area contributed by atoms with Gasteiger partial charge in [-0.15, -0.1) is 0 Å². The predicted molar refractivity (Wildman–Crippen MR) is 72.0 cm³/mol. The van der Waals surface area contributed by atoms with Gasteiger partial charge in [-0.3, -0.25) is 0 Å². The first-order chi connectivity index (χ1) is 7.18. The maximum absolute atomic E-state index is 3.52. The van der Waals surface area contributed by atoms with Crippen molar-refractivity contribution in [2.75, 3.05) is 0 Å². The predicted octanol–water partition coefficient (Wildman–Crippen LogP) is 5.19. The molecule has 0 fully saturated rings. The Kier molecular flexibility index (Phi) is 3.27. The zero-order chi connectivity index (χ0) is 10.8. The van der Waals surface area contributed by atoms with Gasteiger partial charge in [0, 0.05) is 8.95 Å². The van der Waals surface area contributed by atoms with Gasteiger partial charge in [0.25, 0.3) is 0 Å². The van der Waals surface area contributed by atoms with Crippen LogP contribution in [0.5, 0.6) is 0 Å². The van der Waals surface area contributed by atoms with E-state index in [1.54, 1.807) is 0 Å². The van der Waals surface area contributed by atoms with Crippen molar-refractivity contribution in [3.05, 3.63) is 57.0 Å². The normalized spacial score (nSPS) is 10.3. The van der Waals surface area contributed by atoms with Crippen LogP contribution in [0.2, 0.25) is 0 Å². The summed E-state index contributed by atoms with van der Waals surface area (Å²) >= 11 is 6.99. The van der Waals surface area contributed by atoms with Crippen LogP contribution in [0.25, 0.3) is 11.1 Å². The Morgan fingerprint density at radius 3 is 2.27 bits per heavy atom. The highest BCUT2D eigenvalue weighted by Gasteiger charge is 2.03. The molecule has 0 N–H and O–H groups in total. The summed E-state index contributed by atoms with van der Waals surface area (Å²) in [7, 11) is 0. The van der Waals surface area contributed by atoms with E-state index in [4.69, 9.17) is 0 Å². The van der Waals surface area contributed by atoms with Gasteiger partial charge in [-0.05, 0) is 67.6 Å². The minimum absolute atomic E-state index is 1.08. The summed E-state index contributed by atoms with van der Waals surface area (Å²) in [5, 5.41) is 0. The second-order valence-corrected chi connectivity index (χ2v) is 5.15. The van der Waals surface area contributed by atoms with Crippen LogP contribution in [0, 0.1) is 6.92 Å². The molecule has 2 aromatic carbocycles. The minimum Gasteiger partial charge on any atom is -0.0620 e. The summed E-state index contributed by atoms with van der Waals surface area (Å²) in [5.41, 5.74) is 3.82. The Hall–Kier alpha value is -0.600. The lowest BCUT2D eigenvalue weighted by molar-refractivity contribution is 1.45. The van der Waals surface area contributed by atoms with E-state index in [0.29, 0.717) is 0 Å². The van der Waals surface area contributed by atoms with Crippen molar-refractivity contribution in [1.29, 1.82) is 0 Å². The zero-order valence-corrected chi connectivity index (χ0v) is 11.5. The van der Waals surface area contributed by atoms with Crippen molar-refractivity contribution in [1.82, 2.24) is 0 Å². The van der Waals surface area contributed by atoms with Crippen molar-refractivity contribution in [2.45, 2.75) is 6.92 Å². The molecule has 0 saturated heterocycles. The van der Waals surface area contributed by atoms with E-state index in [9.17, 15) is 0 Å². The van der Waals surface area contributed by atoms with Gasteiger partial charge in [0.15, 0.2) is 0 Å². The molecule has 0 aliphatic rings. The number of hydrogen-bond donors (Lipinski definition) is 0. The van der Waals surface area contributed by atoms with Gasteiger partial charge in [0.05, 0.1) is 0 Å². The average molecular weight is 326 g/mol. The minimum atomic E-state index is 1.08. The smallest absolute Gasteiger partial charge is 0.0323 e. The summed E-state index contributed by atoms with van der Waals surface area (Å²) in [5.74, 6) is 0. The molecular weight excluding hydrogens is 316 g/mol. The molecule has 0 unspecified atom stereocenters. The van der Waals surface area contributed by atoms with Crippen LogP contribution in [-0.2, 0) is 0 Å². The van der Waals surface area contributed by atoms with Gasteiger partial charge >= 0.3 is 0 Å². The van der Waals surface area contributed by atoms with Gasteiger partial charge in [-0.1, -0.05) is 30.3 Å². The number of hydrogen-bond acceptors (Lipinski definition) is 0. The molecule has 0 aliphatic carbocycles. The number of aryl methyl sites for hydroxylation is 1. The van der Waals surface area contributed by atoms with Crippen LogP contribution in [0.3, 0.4) is 0 Å². The summed E-state index contributed by atoms with van der Waals surface area (Å²) in [6.07, 6.45) is 0. The topological polar surface area (TPSA) is 0 Å². The van der Waals surface area contributed by atoms with E-state index >= 15 is 0 Å². The zero-order valence-electron chi connectivity index (χ0n) is 8.30. The highest BCUT2D eigenvalue weighted by Crippen LogP contribution is 2.30. The molecule has 2 aromatic rings. The van der Waals surface area contributed by atoms with Gasteiger partial charge in [0.2, 0.25) is 0 Å². The van der Waals surface area contributed by atoms with Crippen LogP contribution in [0.15, 0.2) is 51.4 Å². The first kappa shape index (κ1) is 10.9. The monoisotopic (exact) mass is 324 g/mol.